The average Bonchev–Trinajstić information content (AvgIpc) is 3.08. The molecule has 0 radical (unpaired) electrons. The van der Waals surface area contributed by atoms with E-state index in [1.54, 1.807) is 24.3 Å². The summed E-state index contributed by atoms with van der Waals surface area (Å²) in [6.07, 6.45) is 0.668. The molecule has 0 bridgehead atoms. The van der Waals surface area contributed by atoms with Crippen molar-refractivity contribution in [1.82, 2.24) is 10.6 Å². The van der Waals surface area contributed by atoms with Crippen LogP contribution < -0.4 is 10.6 Å². The summed E-state index contributed by atoms with van der Waals surface area (Å²) in [6, 6.07) is 7.68. The highest BCUT2D eigenvalue weighted by atomic mass is 32.1. The van der Waals surface area contributed by atoms with Crippen molar-refractivity contribution in [3.63, 3.8) is 0 Å². The van der Waals surface area contributed by atoms with Gasteiger partial charge in [0.2, 0.25) is 0 Å². The molecule has 0 saturated carbocycles. The molecule has 25 heavy (non-hydrogen) atoms. The van der Waals surface area contributed by atoms with Gasteiger partial charge < -0.3 is 15.2 Å². The largest absolute Gasteiger partial charge is 0.507 e. The number of hydrogen-bond donors (Lipinski definition) is 3. The summed E-state index contributed by atoms with van der Waals surface area (Å²) in [5.41, 5.74) is 0.729. The number of phenols is 1. The van der Waals surface area contributed by atoms with Gasteiger partial charge in [0.1, 0.15) is 11.3 Å². The molecule has 0 spiro atoms. The molecule has 0 atom stereocenters. The number of esters is 1. The van der Waals surface area contributed by atoms with Crippen molar-refractivity contribution in [2.45, 2.75) is 13.3 Å². The molecule has 2 aromatic rings. The molecular formula is C17H18N2O5S. The molecule has 3 N–H and O–H groups in total. The molecule has 0 saturated heterocycles. The first-order valence-electron chi connectivity index (χ1n) is 7.52. The van der Waals surface area contributed by atoms with Gasteiger partial charge in [0, 0.05) is 11.4 Å². The van der Waals surface area contributed by atoms with Gasteiger partial charge in [-0.3, -0.25) is 10.1 Å². The van der Waals surface area contributed by atoms with Crippen LogP contribution >= 0.6 is 11.3 Å². The lowest BCUT2D eigenvalue weighted by atomic mass is 10.1. The molecule has 7 nitrogen and oxygen atoms in total. The molecule has 1 aromatic heterocycles. The van der Waals surface area contributed by atoms with E-state index in [9.17, 15) is 19.5 Å². The van der Waals surface area contributed by atoms with Crippen molar-refractivity contribution in [3.8, 4) is 5.75 Å². The first-order chi connectivity index (χ1) is 12.0. The predicted octanol–water partition coefficient (Wildman–Crippen LogP) is 1.99. The number of phenolic OH excluding ortho intramolecular Hbond substituents is 1. The fourth-order valence-electron chi connectivity index (χ4n) is 1.98. The Morgan fingerprint density at radius 3 is 2.76 bits per heavy atom. The normalized spacial score (nSPS) is 10.1. The van der Waals surface area contributed by atoms with Crippen molar-refractivity contribution in [2.24, 2.45) is 0 Å². The number of aryl methyl sites for hydroxylation is 1. The average molecular weight is 362 g/mol. The Balaban J connectivity index is 1.71. The minimum atomic E-state index is -0.838. The Bertz CT molecular complexity index is 758. The van der Waals surface area contributed by atoms with Crippen LogP contribution in [0.2, 0.25) is 0 Å². The monoisotopic (exact) mass is 362 g/mol. The summed E-state index contributed by atoms with van der Waals surface area (Å²) >= 11 is 1.58. The predicted molar refractivity (Wildman–Crippen MR) is 92.7 cm³/mol. The molecule has 132 valence electrons. The quantitative estimate of drug-likeness (QED) is 0.682. The van der Waals surface area contributed by atoms with Gasteiger partial charge in [-0.15, -0.1) is 11.3 Å². The molecule has 0 unspecified atom stereocenters. The standard InChI is InChI=1S/C17H18N2O5S/c1-11-4-5-14(20)13(9-11)16(22)24-10-15(21)19-17(23)18-7-6-12-3-2-8-25-12/h2-5,8-9,20H,6-7,10H2,1H3,(H2,18,19,21,23). The van der Waals surface area contributed by atoms with Crippen molar-refractivity contribution in [1.29, 1.82) is 0 Å². The third-order valence-electron chi connectivity index (χ3n) is 3.20. The van der Waals surface area contributed by atoms with Crippen molar-refractivity contribution in [2.75, 3.05) is 13.2 Å². The van der Waals surface area contributed by atoms with Gasteiger partial charge in [0.15, 0.2) is 6.61 Å². The molecule has 1 heterocycles. The Morgan fingerprint density at radius 1 is 1.24 bits per heavy atom. The second-order valence-electron chi connectivity index (χ2n) is 5.23. The van der Waals surface area contributed by atoms with Gasteiger partial charge in [-0.1, -0.05) is 17.7 Å². The van der Waals surface area contributed by atoms with Crippen LogP contribution in [0.5, 0.6) is 5.75 Å². The van der Waals surface area contributed by atoms with Crippen LogP contribution in [0.3, 0.4) is 0 Å². The van der Waals surface area contributed by atoms with E-state index < -0.39 is 24.5 Å². The summed E-state index contributed by atoms with van der Waals surface area (Å²) in [7, 11) is 0. The third-order valence-corrected chi connectivity index (χ3v) is 4.13. The number of carbonyl (C=O) groups is 3. The highest BCUT2D eigenvalue weighted by Gasteiger charge is 2.15. The Kier molecular flexibility index (Phi) is 6.53. The van der Waals surface area contributed by atoms with Gasteiger partial charge in [-0.05, 0) is 36.9 Å². The van der Waals surface area contributed by atoms with Gasteiger partial charge >= 0.3 is 12.0 Å². The topological polar surface area (TPSA) is 105 Å². The zero-order valence-electron chi connectivity index (χ0n) is 13.6. The lowest BCUT2D eigenvalue weighted by Gasteiger charge is -2.08. The van der Waals surface area contributed by atoms with E-state index in [4.69, 9.17) is 4.74 Å². The third kappa shape index (κ3) is 5.92. The zero-order valence-corrected chi connectivity index (χ0v) is 14.4. The van der Waals surface area contributed by atoms with Crippen LogP contribution in [-0.2, 0) is 16.0 Å². The molecule has 0 aliphatic carbocycles. The summed E-state index contributed by atoms with van der Waals surface area (Å²) in [5.74, 6) is -1.83. The fraction of sp³-hybridized carbons (Fsp3) is 0.235. The van der Waals surface area contributed by atoms with Crippen LogP contribution in [0.15, 0.2) is 35.7 Å². The second-order valence-corrected chi connectivity index (χ2v) is 6.26. The number of thiophene rings is 1. The number of aromatic hydroxyl groups is 1. The number of urea groups is 1. The number of amides is 3. The SMILES string of the molecule is Cc1ccc(O)c(C(=O)OCC(=O)NC(=O)NCCc2cccs2)c1. The van der Waals surface area contributed by atoms with Crippen molar-refractivity contribution in [3.05, 3.63) is 51.7 Å². The van der Waals surface area contributed by atoms with Gasteiger partial charge in [0.05, 0.1) is 0 Å². The van der Waals surface area contributed by atoms with Crippen molar-refractivity contribution >= 4 is 29.2 Å². The molecule has 3 amide bonds. The number of imide groups is 1. The van der Waals surface area contributed by atoms with Gasteiger partial charge in [0.25, 0.3) is 5.91 Å². The van der Waals surface area contributed by atoms with Gasteiger partial charge in [-0.25, -0.2) is 9.59 Å². The van der Waals surface area contributed by atoms with Crippen LogP contribution in [0.4, 0.5) is 4.79 Å². The van der Waals surface area contributed by atoms with E-state index >= 15 is 0 Å². The maximum absolute atomic E-state index is 11.8. The van der Waals surface area contributed by atoms with E-state index in [0.29, 0.717) is 13.0 Å². The minimum absolute atomic E-state index is 0.0341. The minimum Gasteiger partial charge on any atom is -0.507 e. The Morgan fingerprint density at radius 2 is 2.04 bits per heavy atom. The van der Waals surface area contributed by atoms with E-state index in [1.165, 1.54) is 12.1 Å². The van der Waals surface area contributed by atoms with E-state index in [1.807, 2.05) is 17.5 Å². The molecule has 0 aliphatic heterocycles. The number of carbonyl (C=O) groups excluding carboxylic acids is 3. The van der Waals surface area contributed by atoms with Crippen LogP contribution in [0.25, 0.3) is 0 Å². The smallest absolute Gasteiger partial charge is 0.342 e. The lowest BCUT2D eigenvalue weighted by molar-refractivity contribution is -0.123. The van der Waals surface area contributed by atoms with Crippen LogP contribution in [0.1, 0.15) is 20.8 Å². The summed E-state index contributed by atoms with van der Waals surface area (Å²) in [6.45, 7) is 1.52. The number of benzene rings is 1. The molecule has 8 heteroatoms. The molecule has 0 aliphatic rings. The van der Waals surface area contributed by atoms with Gasteiger partial charge in [-0.2, -0.15) is 0 Å². The van der Waals surface area contributed by atoms with Crippen LogP contribution in [-0.4, -0.2) is 36.2 Å². The molecular weight excluding hydrogens is 344 g/mol. The highest BCUT2D eigenvalue weighted by molar-refractivity contribution is 7.09. The summed E-state index contributed by atoms with van der Waals surface area (Å²) in [4.78, 5) is 36.2. The summed E-state index contributed by atoms with van der Waals surface area (Å²) in [5, 5.41) is 16.2. The zero-order chi connectivity index (χ0) is 18.2. The second kappa shape index (κ2) is 8.84. The maximum Gasteiger partial charge on any atom is 0.342 e. The van der Waals surface area contributed by atoms with Crippen molar-refractivity contribution < 1.29 is 24.2 Å². The summed E-state index contributed by atoms with van der Waals surface area (Å²) < 4.78 is 4.80. The van der Waals surface area contributed by atoms with Crippen LogP contribution in [0, 0.1) is 6.92 Å². The number of nitrogens with one attached hydrogen (secondary N) is 2. The lowest BCUT2D eigenvalue weighted by Crippen LogP contribution is -2.42. The fourth-order valence-corrected chi connectivity index (χ4v) is 2.69. The first-order valence-corrected chi connectivity index (χ1v) is 8.40. The van der Waals surface area contributed by atoms with E-state index in [2.05, 4.69) is 10.6 Å². The number of rotatable bonds is 6. The molecule has 2 rings (SSSR count). The maximum atomic E-state index is 11.8. The molecule has 1 aromatic carbocycles. The van der Waals surface area contributed by atoms with E-state index in [-0.39, 0.29) is 11.3 Å². The highest BCUT2D eigenvalue weighted by Crippen LogP contribution is 2.18. The molecule has 0 fully saturated rings. The number of ether oxygens (including phenoxy) is 1. The first kappa shape index (κ1) is 18.5. The van der Waals surface area contributed by atoms with E-state index in [0.717, 1.165) is 10.4 Å². The Labute approximate surface area is 148 Å². The Hall–Kier alpha value is -2.87. The number of hydrogen-bond acceptors (Lipinski definition) is 6.